The van der Waals surface area contributed by atoms with E-state index in [0.717, 1.165) is 57.9 Å². The van der Waals surface area contributed by atoms with Crippen molar-refractivity contribution in [3.05, 3.63) is 24.3 Å². The molecule has 1 aromatic rings. The predicted octanol–water partition coefficient (Wildman–Crippen LogP) is 1.46. The minimum absolute atomic E-state index is 0.144. The molecule has 2 saturated heterocycles. The molecule has 5 nitrogen and oxygen atoms in total. The number of nitrogens with zero attached hydrogens (tertiary/aromatic N) is 1. The van der Waals surface area contributed by atoms with E-state index in [0.29, 0.717) is 0 Å². The van der Waals surface area contributed by atoms with Crippen molar-refractivity contribution in [2.75, 3.05) is 49.6 Å². The molecule has 21 heavy (non-hydrogen) atoms. The van der Waals surface area contributed by atoms with Crippen LogP contribution >= 0.6 is 0 Å². The van der Waals surface area contributed by atoms with Crippen molar-refractivity contribution in [1.82, 2.24) is 5.32 Å². The molecule has 1 amide bonds. The zero-order chi connectivity index (χ0) is 14.5. The van der Waals surface area contributed by atoms with Crippen LogP contribution in [-0.2, 0) is 9.53 Å². The van der Waals surface area contributed by atoms with Crippen LogP contribution in [-0.4, -0.2) is 45.3 Å². The van der Waals surface area contributed by atoms with Gasteiger partial charge in [-0.15, -0.1) is 0 Å². The number of piperidine rings is 1. The minimum atomic E-state index is 0.144. The van der Waals surface area contributed by atoms with Crippen molar-refractivity contribution in [2.24, 2.45) is 5.92 Å². The quantitative estimate of drug-likeness (QED) is 0.884. The van der Waals surface area contributed by atoms with E-state index < -0.39 is 0 Å². The molecule has 0 bridgehead atoms. The van der Waals surface area contributed by atoms with Crippen LogP contribution in [0.4, 0.5) is 11.4 Å². The van der Waals surface area contributed by atoms with E-state index in [9.17, 15) is 4.79 Å². The van der Waals surface area contributed by atoms with Gasteiger partial charge in [-0.25, -0.2) is 0 Å². The second kappa shape index (κ2) is 6.91. The maximum atomic E-state index is 12.2. The summed E-state index contributed by atoms with van der Waals surface area (Å²) in [6.45, 7) is 5.31. The van der Waals surface area contributed by atoms with Gasteiger partial charge in [0.2, 0.25) is 5.91 Å². The van der Waals surface area contributed by atoms with Crippen LogP contribution in [0.2, 0.25) is 0 Å². The number of hydrogen-bond acceptors (Lipinski definition) is 4. The van der Waals surface area contributed by atoms with Crippen LogP contribution in [0.5, 0.6) is 0 Å². The molecule has 2 N–H and O–H groups in total. The number of carbonyl (C=O) groups excluding carboxylic acids is 1. The molecule has 5 heteroatoms. The van der Waals surface area contributed by atoms with Crippen molar-refractivity contribution in [2.45, 2.75) is 12.8 Å². The molecule has 114 valence electrons. The highest BCUT2D eigenvalue weighted by Crippen LogP contribution is 2.20. The van der Waals surface area contributed by atoms with Crippen molar-refractivity contribution in [1.29, 1.82) is 0 Å². The largest absolute Gasteiger partial charge is 0.378 e. The van der Waals surface area contributed by atoms with Gasteiger partial charge in [0, 0.05) is 30.4 Å². The molecule has 2 heterocycles. The van der Waals surface area contributed by atoms with Crippen LogP contribution in [0.1, 0.15) is 12.8 Å². The number of morpholine rings is 1. The third kappa shape index (κ3) is 3.74. The lowest BCUT2D eigenvalue weighted by Crippen LogP contribution is -2.36. The minimum Gasteiger partial charge on any atom is -0.378 e. The summed E-state index contributed by atoms with van der Waals surface area (Å²) in [6.07, 6.45) is 1.86. The Kier molecular flexibility index (Phi) is 4.72. The van der Waals surface area contributed by atoms with E-state index in [1.807, 2.05) is 12.1 Å². The number of nitrogens with one attached hydrogen (secondary N) is 2. The summed E-state index contributed by atoms with van der Waals surface area (Å²) in [5.41, 5.74) is 2.08. The van der Waals surface area contributed by atoms with Crippen LogP contribution in [0.15, 0.2) is 24.3 Å². The van der Waals surface area contributed by atoms with E-state index in [1.54, 1.807) is 0 Å². The first-order valence-corrected chi connectivity index (χ1v) is 7.77. The van der Waals surface area contributed by atoms with Gasteiger partial charge in [-0.3, -0.25) is 4.79 Å². The van der Waals surface area contributed by atoms with E-state index in [4.69, 9.17) is 4.74 Å². The van der Waals surface area contributed by atoms with Gasteiger partial charge in [-0.1, -0.05) is 0 Å². The van der Waals surface area contributed by atoms with E-state index in [-0.39, 0.29) is 11.8 Å². The first-order valence-electron chi connectivity index (χ1n) is 7.77. The van der Waals surface area contributed by atoms with Crippen molar-refractivity contribution < 1.29 is 9.53 Å². The van der Waals surface area contributed by atoms with Crippen LogP contribution in [0.25, 0.3) is 0 Å². The molecule has 0 aliphatic carbocycles. The molecule has 0 unspecified atom stereocenters. The maximum Gasteiger partial charge on any atom is 0.227 e. The summed E-state index contributed by atoms with van der Waals surface area (Å²) >= 11 is 0. The molecule has 1 aromatic carbocycles. The van der Waals surface area contributed by atoms with Gasteiger partial charge in [0.05, 0.1) is 13.2 Å². The van der Waals surface area contributed by atoms with E-state index in [1.165, 1.54) is 5.69 Å². The standard InChI is InChI=1S/C16H23N3O2/c20-16(13-5-7-17-8-6-13)18-14-1-3-15(4-2-14)19-9-11-21-12-10-19/h1-4,13,17H,5-12H2,(H,18,20). The lowest BCUT2D eigenvalue weighted by atomic mass is 9.97. The van der Waals surface area contributed by atoms with Crippen LogP contribution < -0.4 is 15.5 Å². The zero-order valence-electron chi connectivity index (χ0n) is 12.3. The number of rotatable bonds is 3. The third-order valence-electron chi connectivity index (χ3n) is 4.22. The van der Waals surface area contributed by atoms with Crippen molar-refractivity contribution in [3.8, 4) is 0 Å². The molecule has 2 fully saturated rings. The molecule has 0 aromatic heterocycles. The predicted molar refractivity (Wildman–Crippen MR) is 83.7 cm³/mol. The first-order chi connectivity index (χ1) is 10.3. The summed E-state index contributed by atoms with van der Waals surface area (Å²) in [4.78, 5) is 14.5. The van der Waals surface area contributed by atoms with Gasteiger partial charge in [-0.05, 0) is 50.2 Å². The highest BCUT2D eigenvalue weighted by Gasteiger charge is 2.20. The van der Waals surface area contributed by atoms with Gasteiger partial charge >= 0.3 is 0 Å². The second-order valence-electron chi connectivity index (χ2n) is 5.66. The average molecular weight is 289 g/mol. The third-order valence-corrected chi connectivity index (χ3v) is 4.22. The Morgan fingerprint density at radius 1 is 1.14 bits per heavy atom. The maximum absolute atomic E-state index is 12.2. The molecular weight excluding hydrogens is 266 g/mol. The summed E-state index contributed by atoms with van der Waals surface area (Å²) < 4.78 is 5.36. The average Bonchev–Trinajstić information content (AvgIpc) is 2.57. The zero-order valence-corrected chi connectivity index (χ0v) is 12.3. The Labute approximate surface area is 125 Å². The number of anilines is 2. The molecule has 0 spiro atoms. The van der Waals surface area contributed by atoms with Crippen molar-refractivity contribution >= 4 is 17.3 Å². The number of benzene rings is 1. The Balaban J connectivity index is 1.57. The van der Waals surface area contributed by atoms with Gasteiger partial charge in [0.1, 0.15) is 0 Å². The Morgan fingerprint density at radius 2 is 1.81 bits per heavy atom. The van der Waals surface area contributed by atoms with E-state index in [2.05, 4.69) is 27.7 Å². The topological polar surface area (TPSA) is 53.6 Å². The molecule has 0 saturated carbocycles. The normalized spacial score (nSPS) is 20.3. The molecular formula is C16H23N3O2. The highest BCUT2D eigenvalue weighted by atomic mass is 16.5. The number of amides is 1. The SMILES string of the molecule is O=C(Nc1ccc(N2CCOCC2)cc1)C1CCNCC1. The fraction of sp³-hybridized carbons (Fsp3) is 0.562. The van der Waals surface area contributed by atoms with Crippen molar-refractivity contribution in [3.63, 3.8) is 0 Å². The number of hydrogen-bond donors (Lipinski definition) is 2. The van der Waals surface area contributed by atoms with Gasteiger partial charge in [-0.2, -0.15) is 0 Å². The Bertz CT molecular complexity index is 463. The number of ether oxygens (including phenoxy) is 1. The summed E-state index contributed by atoms with van der Waals surface area (Å²) in [6, 6.07) is 8.13. The molecule has 0 radical (unpaired) electrons. The van der Waals surface area contributed by atoms with Gasteiger partial charge < -0.3 is 20.3 Å². The van der Waals surface area contributed by atoms with Gasteiger partial charge in [0.25, 0.3) is 0 Å². The van der Waals surface area contributed by atoms with E-state index >= 15 is 0 Å². The monoisotopic (exact) mass is 289 g/mol. The number of carbonyl (C=O) groups is 1. The molecule has 0 atom stereocenters. The van der Waals surface area contributed by atoms with Crippen LogP contribution in [0, 0.1) is 5.92 Å². The molecule has 2 aliphatic rings. The summed E-state index contributed by atoms with van der Waals surface area (Å²) in [5, 5.41) is 6.31. The Morgan fingerprint density at radius 3 is 2.48 bits per heavy atom. The van der Waals surface area contributed by atoms with Crippen LogP contribution in [0.3, 0.4) is 0 Å². The molecule has 2 aliphatic heterocycles. The smallest absolute Gasteiger partial charge is 0.227 e. The lowest BCUT2D eigenvalue weighted by molar-refractivity contribution is -0.120. The fourth-order valence-corrected chi connectivity index (χ4v) is 2.91. The first kappa shape index (κ1) is 14.4. The van der Waals surface area contributed by atoms with Gasteiger partial charge in [0.15, 0.2) is 0 Å². The Hall–Kier alpha value is -1.59. The lowest BCUT2D eigenvalue weighted by Gasteiger charge is -2.29. The summed E-state index contributed by atoms with van der Waals surface area (Å²) in [5.74, 6) is 0.292. The fourth-order valence-electron chi connectivity index (χ4n) is 2.91. The highest BCUT2D eigenvalue weighted by molar-refractivity contribution is 5.92. The molecule has 3 rings (SSSR count). The second-order valence-corrected chi connectivity index (χ2v) is 5.66. The summed E-state index contributed by atoms with van der Waals surface area (Å²) in [7, 11) is 0.